The molecule has 0 aliphatic carbocycles. The molecule has 0 atom stereocenters. The number of hydrogen-bond donors (Lipinski definition) is 3. The van der Waals surface area contributed by atoms with Gasteiger partial charge in [-0.3, -0.25) is 15.1 Å². The second-order valence-corrected chi connectivity index (χ2v) is 7.05. The van der Waals surface area contributed by atoms with Crippen LogP contribution in [0.15, 0.2) is 55.0 Å². The van der Waals surface area contributed by atoms with Gasteiger partial charge in [0.25, 0.3) is 0 Å². The lowest BCUT2D eigenvalue weighted by atomic mass is 10.1. The first kappa shape index (κ1) is 16.4. The standard InChI is InChI=1S/C21H19N7/c1-12(2)24-14-7-13(9-22-10-14)18-8-15-19(11-23-18)27-28-20(15)21-25-16-5-3-4-6-17(16)26-21/h3-12,24H,1-2H3,(H,25,26)(H,27,28). The van der Waals surface area contributed by atoms with Gasteiger partial charge in [0, 0.05) is 29.4 Å². The molecule has 0 bridgehead atoms. The van der Waals surface area contributed by atoms with Crippen molar-refractivity contribution in [2.24, 2.45) is 0 Å². The molecule has 5 rings (SSSR count). The van der Waals surface area contributed by atoms with E-state index in [4.69, 9.17) is 0 Å². The van der Waals surface area contributed by atoms with E-state index in [2.05, 4.69) is 55.4 Å². The van der Waals surface area contributed by atoms with Crippen LogP contribution in [0.3, 0.4) is 0 Å². The number of hydrogen-bond acceptors (Lipinski definition) is 5. The monoisotopic (exact) mass is 369 g/mol. The molecule has 0 unspecified atom stereocenters. The average molecular weight is 369 g/mol. The third kappa shape index (κ3) is 2.87. The molecule has 0 radical (unpaired) electrons. The molecule has 7 nitrogen and oxygen atoms in total. The van der Waals surface area contributed by atoms with Gasteiger partial charge in [-0.2, -0.15) is 5.10 Å². The summed E-state index contributed by atoms with van der Waals surface area (Å²) in [7, 11) is 0. The summed E-state index contributed by atoms with van der Waals surface area (Å²) in [5, 5.41) is 11.9. The molecule has 1 aromatic carbocycles. The van der Waals surface area contributed by atoms with Crippen molar-refractivity contribution in [2.75, 3.05) is 5.32 Å². The van der Waals surface area contributed by atoms with Crippen LogP contribution in [-0.2, 0) is 0 Å². The first-order valence-corrected chi connectivity index (χ1v) is 9.18. The Hall–Kier alpha value is -3.74. The quantitative estimate of drug-likeness (QED) is 0.437. The minimum Gasteiger partial charge on any atom is -0.382 e. The molecule has 0 aliphatic rings. The van der Waals surface area contributed by atoms with Gasteiger partial charge in [-0.1, -0.05) is 12.1 Å². The number of rotatable bonds is 4. The van der Waals surface area contributed by atoms with E-state index in [1.165, 1.54) is 0 Å². The van der Waals surface area contributed by atoms with Crippen LogP contribution in [0.5, 0.6) is 0 Å². The number of imidazole rings is 1. The van der Waals surface area contributed by atoms with Crippen molar-refractivity contribution in [1.29, 1.82) is 0 Å². The zero-order valence-electron chi connectivity index (χ0n) is 15.6. The Bertz CT molecular complexity index is 1250. The molecule has 4 aromatic heterocycles. The van der Waals surface area contributed by atoms with Crippen LogP contribution in [0, 0.1) is 0 Å². The fraction of sp³-hybridized carbons (Fsp3) is 0.143. The first-order chi connectivity index (χ1) is 13.7. The van der Waals surface area contributed by atoms with Crippen LogP contribution >= 0.6 is 0 Å². The summed E-state index contributed by atoms with van der Waals surface area (Å²) in [6.45, 7) is 4.20. The van der Waals surface area contributed by atoms with Gasteiger partial charge in [-0.25, -0.2) is 4.98 Å². The maximum Gasteiger partial charge on any atom is 0.159 e. The lowest BCUT2D eigenvalue weighted by Crippen LogP contribution is -2.09. The van der Waals surface area contributed by atoms with Gasteiger partial charge in [-0.15, -0.1) is 0 Å². The van der Waals surface area contributed by atoms with E-state index < -0.39 is 0 Å². The zero-order valence-corrected chi connectivity index (χ0v) is 15.6. The highest BCUT2D eigenvalue weighted by atomic mass is 15.1. The molecule has 7 heteroatoms. The normalized spacial score (nSPS) is 11.5. The summed E-state index contributed by atoms with van der Waals surface area (Å²) < 4.78 is 0. The number of benzene rings is 1. The molecule has 0 saturated carbocycles. The minimum atomic E-state index is 0.334. The highest BCUT2D eigenvalue weighted by Gasteiger charge is 2.14. The van der Waals surface area contributed by atoms with E-state index in [1.54, 1.807) is 6.20 Å². The summed E-state index contributed by atoms with van der Waals surface area (Å²) >= 11 is 0. The Morgan fingerprint density at radius 3 is 2.75 bits per heavy atom. The molecule has 138 valence electrons. The highest BCUT2D eigenvalue weighted by molar-refractivity contribution is 5.94. The molecule has 0 amide bonds. The number of H-pyrrole nitrogens is 2. The van der Waals surface area contributed by atoms with Gasteiger partial charge < -0.3 is 10.3 Å². The minimum absolute atomic E-state index is 0.334. The fourth-order valence-corrected chi connectivity index (χ4v) is 3.31. The molecule has 0 fully saturated rings. The number of fused-ring (bicyclic) bond motifs is 2. The number of aromatic amines is 2. The topological polar surface area (TPSA) is 95.2 Å². The van der Waals surface area contributed by atoms with Crippen molar-refractivity contribution in [1.82, 2.24) is 30.1 Å². The molecule has 0 spiro atoms. The van der Waals surface area contributed by atoms with Crippen LogP contribution in [0.2, 0.25) is 0 Å². The predicted molar refractivity (Wildman–Crippen MR) is 111 cm³/mol. The number of nitrogens with zero attached hydrogens (tertiary/aromatic N) is 4. The van der Waals surface area contributed by atoms with Crippen molar-refractivity contribution >= 4 is 27.6 Å². The Kier molecular flexibility index (Phi) is 3.79. The second kappa shape index (κ2) is 6.45. The van der Waals surface area contributed by atoms with Gasteiger partial charge in [-0.05, 0) is 38.1 Å². The Labute approximate surface area is 161 Å². The lowest BCUT2D eigenvalue weighted by molar-refractivity contribution is 0.898. The third-order valence-electron chi connectivity index (χ3n) is 4.55. The zero-order chi connectivity index (χ0) is 19.1. The smallest absolute Gasteiger partial charge is 0.159 e. The number of pyridine rings is 2. The molecule has 3 N–H and O–H groups in total. The molecule has 4 heterocycles. The maximum absolute atomic E-state index is 4.67. The number of para-hydroxylation sites is 2. The Balaban J connectivity index is 1.60. The van der Waals surface area contributed by atoms with Gasteiger partial charge in [0.15, 0.2) is 5.82 Å². The van der Waals surface area contributed by atoms with E-state index in [-0.39, 0.29) is 0 Å². The number of anilines is 1. The van der Waals surface area contributed by atoms with Crippen molar-refractivity contribution < 1.29 is 0 Å². The molecular formula is C21H19N7. The van der Waals surface area contributed by atoms with Crippen molar-refractivity contribution in [3.63, 3.8) is 0 Å². The number of aromatic nitrogens is 6. The van der Waals surface area contributed by atoms with Crippen LogP contribution in [0.1, 0.15) is 13.8 Å². The Morgan fingerprint density at radius 1 is 1.00 bits per heavy atom. The molecule has 0 aliphatic heterocycles. The van der Waals surface area contributed by atoms with Gasteiger partial charge >= 0.3 is 0 Å². The van der Waals surface area contributed by atoms with Gasteiger partial charge in [0.2, 0.25) is 0 Å². The van der Waals surface area contributed by atoms with E-state index in [1.807, 2.05) is 42.7 Å². The predicted octanol–water partition coefficient (Wildman–Crippen LogP) is 4.38. The SMILES string of the molecule is CC(C)Nc1cncc(-c2cc3c(-c4nc5ccccc5[nH]4)n[nH]c3cn2)c1. The highest BCUT2D eigenvalue weighted by Crippen LogP contribution is 2.29. The van der Waals surface area contributed by atoms with E-state index in [0.717, 1.165) is 50.4 Å². The average Bonchev–Trinajstić information content (AvgIpc) is 3.30. The van der Waals surface area contributed by atoms with Crippen molar-refractivity contribution in [3.05, 3.63) is 55.0 Å². The van der Waals surface area contributed by atoms with Gasteiger partial charge in [0.1, 0.15) is 5.69 Å². The van der Waals surface area contributed by atoms with Crippen LogP contribution in [-0.4, -0.2) is 36.2 Å². The maximum atomic E-state index is 4.67. The summed E-state index contributed by atoms with van der Waals surface area (Å²) in [4.78, 5) is 16.9. The number of nitrogens with one attached hydrogen (secondary N) is 3. The fourth-order valence-electron chi connectivity index (χ4n) is 3.31. The first-order valence-electron chi connectivity index (χ1n) is 9.18. The third-order valence-corrected chi connectivity index (χ3v) is 4.55. The van der Waals surface area contributed by atoms with Gasteiger partial charge in [0.05, 0.1) is 34.1 Å². The Morgan fingerprint density at radius 2 is 1.89 bits per heavy atom. The molecule has 0 saturated heterocycles. The summed E-state index contributed by atoms with van der Waals surface area (Å²) in [6, 6.07) is 12.4. The van der Waals surface area contributed by atoms with E-state index in [9.17, 15) is 0 Å². The van der Waals surface area contributed by atoms with E-state index >= 15 is 0 Å². The van der Waals surface area contributed by atoms with Crippen LogP contribution in [0.25, 0.3) is 44.7 Å². The van der Waals surface area contributed by atoms with Crippen LogP contribution in [0.4, 0.5) is 5.69 Å². The summed E-state index contributed by atoms with van der Waals surface area (Å²) in [5.74, 6) is 0.734. The largest absolute Gasteiger partial charge is 0.382 e. The lowest BCUT2D eigenvalue weighted by Gasteiger charge is -2.10. The molecule has 5 aromatic rings. The summed E-state index contributed by atoms with van der Waals surface area (Å²) in [5.41, 5.74) is 6.30. The van der Waals surface area contributed by atoms with Crippen LogP contribution < -0.4 is 5.32 Å². The molecular weight excluding hydrogens is 350 g/mol. The summed E-state index contributed by atoms with van der Waals surface area (Å²) in [6.07, 6.45) is 5.44. The second-order valence-electron chi connectivity index (χ2n) is 7.05. The van der Waals surface area contributed by atoms with Crippen molar-refractivity contribution in [2.45, 2.75) is 19.9 Å². The van der Waals surface area contributed by atoms with Crippen molar-refractivity contribution in [3.8, 4) is 22.8 Å². The molecule has 28 heavy (non-hydrogen) atoms. The van der Waals surface area contributed by atoms with E-state index in [0.29, 0.717) is 6.04 Å².